The Labute approximate surface area is 122 Å². The summed E-state index contributed by atoms with van der Waals surface area (Å²) in [6, 6.07) is 1.82. The Balaban J connectivity index is 1.93. The van der Waals surface area contributed by atoms with Gasteiger partial charge in [-0.1, -0.05) is 11.6 Å². The van der Waals surface area contributed by atoms with E-state index in [0.29, 0.717) is 18.1 Å². The van der Waals surface area contributed by atoms with Gasteiger partial charge in [-0.25, -0.2) is 9.78 Å². The summed E-state index contributed by atoms with van der Waals surface area (Å²) in [7, 11) is 0. The molecule has 0 saturated carbocycles. The van der Waals surface area contributed by atoms with Crippen molar-refractivity contribution in [3.63, 3.8) is 0 Å². The number of nitrogens with one attached hydrogen (secondary N) is 2. The number of H-pyrrole nitrogens is 1. The first-order valence-electron chi connectivity index (χ1n) is 6.43. The van der Waals surface area contributed by atoms with Crippen LogP contribution in [0.1, 0.15) is 26.3 Å². The lowest BCUT2D eigenvalue weighted by molar-refractivity contribution is 0.0528. The number of pyridine rings is 1. The summed E-state index contributed by atoms with van der Waals surface area (Å²) in [5, 5.41) is 4.21. The summed E-state index contributed by atoms with van der Waals surface area (Å²) in [5.41, 5.74) is 1.53. The highest BCUT2D eigenvalue weighted by atomic mass is 35.5. The average Bonchev–Trinajstić information content (AvgIpc) is 2.69. The fraction of sp³-hybridized carbons (Fsp3) is 0.429. The summed E-state index contributed by atoms with van der Waals surface area (Å²) in [4.78, 5) is 18.7. The molecule has 6 heteroatoms. The molecule has 0 radical (unpaired) electrons. The molecule has 2 aromatic heterocycles. The molecule has 108 valence electrons. The van der Waals surface area contributed by atoms with Crippen LogP contribution in [0, 0.1) is 0 Å². The zero-order valence-corrected chi connectivity index (χ0v) is 12.5. The van der Waals surface area contributed by atoms with Crippen molar-refractivity contribution in [2.45, 2.75) is 32.8 Å². The molecule has 2 heterocycles. The van der Waals surface area contributed by atoms with Crippen LogP contribution in [0.15, 0.2) is 18.5 Å². The second kappa shape index (κ2) is 5.71. The SMILES string of the molecule is CC(C)(C)OC(=O)NCCc1c[nH]c2cnc(Cl)cc12. The van der Waals surface area contributed by atoms with E-state index in [1.54, 1.807) is 6.20 Å². The summed E-state index contributed by atoms with van der Waals surface area (Å²) in [5.74, 6) is 0. The third kappa shape index (κ3) is 3.87. The number of carbonyl (C=O) groups is 1. The molecule has 0 spiro atoms. The predicted octanol–water partition coefficient (Wildman–Crippen LogP) is 3.28. The number of aromatic nitrogens is 2. The Hall–Kier alpha value is -1.75. The first-order chi connectivity index (χ1) is 9.35. The highest BCUT2D eigenvalue weighted by molar-refractivity contribution is 6.30. The monoisotopic (exact) mass is 295 g/mol. The van der Waals surface area contributed by atoms with E-state index in [1.165, 1.54) is 0 Å². The van der Waals surface area contributed by atoms with E-state index in [2.05, 4.69) is 15.3 Å². The number of hydrogen-bond donors (Lipinski definition) is 2. The number of hydrogen-bond acceptors (Lipinski definition) is 3. The van der Waals surface area contributed by atoms with Gasteiger partial charge >= 0.3 is 6.09 Å². The predicted molar refractivity (Wildman–Crippen MR) is 79.0 cm³/mol. The summed E-state index contributed by atoms with van der Waals surface area (Å²) >= 11 is 5.89. The van der Waals surface area contributed by atoms with E-state index >= 15 is 0 Å². The number of nitrogens with zero attached hydrogens (tertiary/aromatic N) is 1. The van der Waals surface area contributed by atoms with Gasteiger partial charge in [0.2, 0.25) is 0 Å². The summed E-state index contributed by atoms with van der Waals surface area (Å²) in [6.07, 6.45) is 3.89. The van der Waals surface area contributed by atoms with Crippen molar-refractivity contribution >= 4 is 28.6 Å². The second-order valence-electron chi connectivity index (χ2n) is 5.55. The molecular weight excluding hydrogens is 278 g/mol. The highest BCUT2D eigenvalue weighted by Crippen LogP contribution is 2.20. The van der Waals surface area contributed by atoms with Crippen molar-refractivity contribution in [3.05, 3.63) is 29.2 Å². The molecule has 0 aliphatic heterocycles. The van der Waals surface area contributed by atoms with Gasteiger partial charge in [0.25, 0.3) is 0 Å². The average molecular weight is 296 g/mol. The first-order valence-corrected chi connectivity index (χ1v) is 6.81. The number of rotatable bonds is 3. The minimum Gasteiger partial charge on any atom is -0.444 e. The van der Waals surface area contributed by atoms with Gasteiger partial charge in [-0.3, -0.25) is 0 Å². The maximum Gasteiger partial charge on any atom is 0.407 e. The van der Waals surface area contributed by atoms with Crippen LogP contribution in [0.2, 0.25) is 5.15 Å². The Morgan fingerprint density at radius 2 is 2.25 bits per heavy atom. The zero-order chi connectivity index (χ0) is 14.8. The Bertz CT molecular complexity index is 616. The van der Waals surface area contributed by atoms with Crippen LogP contribution in [0.5, 0.6) is 0 Å². The van der Waals surface area contributed by atoms with Gasteiger partial charge in [-0.05, 0) is 38.8 Å². The molecule has 20 heavy (non-hydrogen) atoms. The van der Waals surface area contributed by atoms with Crippen molar-refractivity contribution in [2.24, 2.45) is 0 Å². The van der Waals surface area contributed by atoms with Gasteiger partial charge in [-0.15, -0.1) is 0 Å². The minimum absolute atomic E-state index is 0.406. The number of alkyl carbamates (subject to hydrolysis) is 1. The lowest BCUT2D eigenvalue weighted by Crippen LogP contribution is -2.33. The normalized spacial score (nSPS) is 11.6. The van der Waals surface area contributed by atoms with Crippen LogP contribution in [0.25, 0.3) is 10.9 Å². The van der Waals surface area contributed by atoms with Gasteiger partial charge < -0.3 is 15.0 Å². The quantitative estimate of drug-likeness (QED) is 0.854. The van der Waals surface area contributed by atoms with E-state index in [-0.39, 0.29) is 0 Å². The fourth-order valence-corrected chi connectivity index (χ4v) is 2.03. The molecule has 2 N–H and O–H groups in total. The molecule has 0 fully saturated rings. The van der Waals surface area contributed by atoms with E-state index in [1.807, 2.05) is 33.0 Å². The number of halogens is 1. The molecule has 5 nitrogen and oxygen atoms in total. The number of fused-ring (bicyclic) bond motifs is 1. The molecule has 0 aliphatic carbocycles. The molecule has 0 atom stereocenters. The maximum absolute atomic E-state index is 11.5. The molecule has 0 aromatic carbocycles. The molecule has 1 amide bonds. The zero-order valence-electron chi connectivity index (χ0n) is 11.8. The lowest BCUT2D eigenvalue weighted by Gasteiger charge is -2.19. The summed E-state index contributed by atoms with van der Waals surface area (Å²) in [6.45, 7) is 6.01. The van der Waals surface area contributed by atoms with E-state index in [0.717, 1.165) is 16.5 Å². The van der Waals surface area contributed by atoms with E-state index in [9.17, 15) is 4.79 Å². The van der Waals surface area contributed by atoms with Crippen LogP contribution in [-0.2, 0) is 11.2 Å². The number of amides is 1. The van der Waals surface area contributed by atoms with Gasteiger partial charge in [0.15, 0.2) is 0 Å². The van der Waals surface area contributed by atoms with Crippen molar-refractivity contribution < 1.29 is 9.53 Å². The molecule has 2 rings (SSSR count). The molecule has 2 aromatic rings. The molecule has 0 bridgehead atoms. The molecule has 0 saturated heterocycles. The van der Waals surface area contributed by atoms with E-state index in [4.69, 9.17) is 16.3 Å². The Morgan fingerprint density at radius 1 is 1.50 bits per heavy atom. The van der Waals surface area contributed by atoms with Crippen molar-refractivity contribution in [2.75, 3.05) is 6.54 Å². The third-order valence-corrected chi connectivity index (χ3v) is 2.89. The largest absolute Gasteiger partial charge is 0.444 e. The first kappa shape index (κ1) is 14.7. The van der Waals surface area contributed by atoms with Gasteiger partial charge in [0, 0.05) is 18.1 Å². The van der Waals surface area contributed by atoms with Crippen LogP contribution in [0.3, 0.4) is 0 Å². The van der Waals surface area contributed by atoms with Crippen LogP contribution in [0.4, 0.5) is 4.79 Å². The molecular formula is C14H18ClN3O2. The second-order valence-corrected chi connectivity index (χ2v) is 5.93. The molecule has 0 unspecified atom stereocenters. The van der Waals surface area contributed by atoms with Crippen LogP contribution < -0.4 is 5.32 Å². The number of aromatic amines is 1. The minimum atomic E-state index is -0.482. The topological polar surface area (TPSA) is 67.0 Å². The van der Waals surface area contributed by atoms with Crippen molar-refractivity contribution in [1.29, 1.82) is 0 Å². The summed E-state index contributed by atoms with van der Waals surface area (Å²) < 4.78 is 5.17. The van der Waals surface area contributed by atoms with Gasteiger partial charge in [0.05, 0.1) is 11.7 Å². The Morgan fingerprint density at radius 3 is 2.95 bits per heavy atom. The van der Waals surface area contributed by atoms with Crippen LogP contribution in [-0.4, -0.2) is 28.2 Å². The third-order valence-electron chi connectivity index (χ3n) is 2.68. The molecule has 0 aliphatic rings. The standard InChI is InChI=1S/C14H18ClN3O2/c1-14(2,3)20-13(19)16-5-4-9-7-17-11-8-18-12(15)6-10(9)11/h6-8,17H,4-5H2,1-3H3,(H,16,19). The number of ether oxygens (including phenoxy) is 1. The van der Waals surface area contributed by atoms with Crippen molar-refractivity contribution in [3.8, 4) is 0 Å². The maximum atomic E-state index is 11.5. The van der Waals surface area contributed by atoms with Gasteiger partial charge in [-0.2, -0.15) is 0 Å². The van der Waals surface area contributed by atoms with E-state index < -0.39 is 11.7 Å². The fourth-order valence-electron chi connectivity index (χ4n) is 1.87. The number of carbonyl (C=O) groups excluding carboxylic acids is 1. The van der Waals surface area contributed by atoms with Gasteiger partial charge in [0.1, 0.15) is 10.8 Å². The Kier molecular flexibility index (Phi) is 4.18. The lowest BCUT2D eigenvalue weighted by atomic mass is 10.1. The van der Waals surface area contributed by atoms with Crippen molar-refractivity contribution in [1.82, 2.24) is 15.3 Å². The highest BCUT2D eigenvalue weighted by Gasteiger charge is 2.15. The smallest absolute Gasteiger partial charge is 0.407 e. The van der Waals surface area contributed by atoms with Crippen LogP contribution >= 0.6 is 11.6 Å².